The first-order valence-corrected chi connectivity index (χ1v) is 7.97. The van der Waals surface area contributed by atoms with Crippen LogP contribution in [0.4, 0.5) is 0 Å². The summed E-state index contributed by atoms with van der Waals surface area (Å²) in [5, 5.41) is 0. The first kappa shape index (κ1) is 12.8. The first-order chi connectivity index (χ1) is 9.81. The Balaban J connectivity index is 1.31. The molecule has 0 aromatic heterocycles. The molecule has 5 atom stereocenters. The van der Waals surface area contributed by atoms with Gasteiger partial charge in [0.25, 0.3) is 0 Å². The van der Waals surface area contributed by atoms with E-state index in [1.807, 2.05) is 0 Å². The molecule has 1 saturated heterocycles. The fourth-order valence-electron chi connectivity index (χ4n) is 4.78. The Hall–Kier alpha value is -0.870. The predicted octanol–water partition coefficient (Wildman–Crippen LogP) is 1.46. The SMILES string of the molecule is O=C(CN1CCOCC1)OC1CC2CC1C1CC=CC21. The Morgan fingerprint density at radius 2 is 2.10 bits per heavy atom. The van der Waals surface area contributed by atoms with Crippen LogP contribution in [0, 0.1) is 23.7 Å². The Morgan fingerprint density at radius 1 is 1.25 bits per heavy atom. The molecular weight excluding hydrogens is 254 g/mol. The molecule has 0 aromatic rings. The number of rotatable bonds is 3. The second kappa shape index (κ2) is 5.15. The fourth-order valence-corrected chi connectivity index (χ4v) is 4.78. The number of ether oxygens (including phenoxy) is 2. The molecule has 3 fully saturated rings. The molecule has 4 heteroatoms. The number of allylic oxidation sites excluding steroid dienone is 2. The zero-order valence-electron chi connectivity index (χ0n) is 11.9. The Morgan fingerprint density at radius 3 is 2.95 bits per heavy atom. The number of nitrogens with zero attached hydrogens (tertiary/aromatic N) is 1. The summed E-state index contributed by atoms with van der Waals surface area (Å²) in [5.74, 6) is 2.90. The summed E-state index contributed by atoms with van der Waals surface area (Å²) in [6.45, 7) is 3.60. The van der Waals surface area contributed by atoms with E-state index >= 15 is 0 Å². The molecule has 0 amide bonds. The van der Waals surface area contributed by atoms with Gasteiger partial charge in [-0.15, -0.1) is 0 Å². The molecule has 1 heterocycles. The van der Waals surface area contributed by atoms with Gasteiger partial charge in [-0.3, -0.25) is 9.69 Å². The quantitative estimate of drug-likeness (QED) is 0.578. The standard InChI is InChI=1S/C16H23NO3/c18-16(10-17-4-6-19-7-5-17)20-15-9-11-8-14(15)13-3-1-2-12(11)13/h1-2,11-15H,3-10H2. The minimum atomic E-state index is -0.0352. The number of morpholine rings is 1. The Bertz CT molecular complexity index is 416. The topological polar surface area (TPSA) is 38.8 Å². The van der Waals surface area contributed by atoms with Crippen LogP contribution in [-0.4, -0.2) is 49.8 Å². The van der Waals surface area contributed by atoms with Gasteiger partial charge in [0.1, 0.15) is 6.10 Å². The zero-order chi connectivity index (χ0) is 13.5. The third-order valence-corrected chi connectivity index (χ3v) is 5.68. The van der Waals surface area contributed by atoms with E-state index in [1.54, 1.807) is 0 Å². The van der Waals surface area contributed by atoms with Gasteiger partial charge >= 0.3 is 5.97 Å². The van der Waals surface area contributed by atoms with E-state index in [0.717, 1.165) is 50.5 Å². The molecule has 2 bridgehead atoms. The molecule has 5 unspecified atom stereocenters. The third kappa shape index (κ3) is 2.19. The van der Waals surface area contributed by atoms with Gasteiger partial charge < -0.3 is 9.47 Å². The first-order valence-electron chi connectivity index (χ1n) is 7.97. The van der Waals surface area contributed by atoms with Crippen LogP contribution in [0.15, 0.2) is 12.2 Å². The number of carbonyl (C=O) groups excluding carboxylic acids is 1. The van der Waals surface area contributed by atoms with Gasteiger partial charge in [-0.05, 0) is 42.9 Å². The molecule has 1 aliphatic heterocycles. The number of fused-ring (bicyclic) bond motifs is 5. The molecule has 3 aliphatic carbocycles. The highest BCUT2D eigenvalue weighted by atomic mass is 16.5. The lowest BCUT2D eigenvalue weighted by Crippen LogP contribution is -2.41. The largest absolute Gasteiger partial charge is 0.461 e. The van der Waals surface area contributed by atoms with Gasteiger partial charge in [0.2, 0.25) is 0 Å². The van der Waals surface area contributed by atoms with Crippen LogP contribution in [0.3, 0.4) is 0 Å². The predicted molar refractivity (Wildman–Crippen MR) is 74.1 cm³/mol. The van der Waals surface area contributed by atoms with Gasteiger partial charge in [-0.25, -0.2) is 0 Å². The monoisotopic (exact) mass is 277 g/mol. The molecule has 4 rings (SSSR count). The summed E-state index contributed by atoms with van der Waals surface area (Å²) in [6.07, 6.45) is 8.48. The van der Waals surface area contributed by atoms with Crippen molar-refractivity contribution in [2.24, 2.45) is 23.7 Å². The van der Waals surface area contributed by atoms with Gasteiger partial charge in [-0.1, -0.05) is 12.2 Å². The average Bonchev–Trinajstić information content (AvgIpc) is 3.11. The van der Waals surface area contributed by atoms with Gasteiger partial charge in [0.05, 0.1) is 19.8 Å². The molecule has 4 nitrogen and oxygen atoms in total. The van der Waals surface area contributed by atoms with Crippen molar-refractivity contribution in [3.63, 3.8) is 0 Å². The molecule has 0 spiro atoms. The molecule has 0 radical (unpaired) electrons. The van der Waals surface area contributed by atoms with Crippen LogP contribution in [0.5, 0.6) is 0 Å². The highest BCUT2D eigenvalue weighted by molar-refractivity contribution is 5.72. The van der Waals surface area contributed by atoms with Crippen molar-refractivity contribution in [2.75, 3.05) is 32.8 Å². The van der Waals surface area contributed by atoms with E-state index in [4.69, 9.17) is 9.47 Å². The molecule has 4 aliphatic rings. The number of hydrogen-bond donors (Lipinski definition) is 0. The molecule has 2 saturated carbocycles. The van der Waals surface area contributed by atoms with E-state index in [-0.39, 0.29) is 12.1 Å². The zero-order valence-corrected chi connectivity index (χ0v) is 11.9. The summed E-state index contributed by atoms with van der Waals surface area (Å²) in [4.78, 5) is 14.3. The lowest BCUT2D eigenvalue weighted by atomic mass is 9.80. The van der Waals surface area contributed by atoms with Crippen molar-refractivity contribution in [1.82, 2.24) is 4.90 Å². The minimum absolute atomic E-state index is 0.0352. The van der Waals surface area contributed by atoms with Crippen molar-refractivity contribution in [3.8, 4) is 0 Å². The van der Waals surface area contributed by atoms with Crippen molar-refractivity contribution in [1.29, 1.82) is 0 Å². The highest BCUT2D eigenvalue weighted by Gasteiger charge is 2.53. The van der Waals surface area contributed by atoms with E-state index in [1.165, 1.54) is 12.8 Å². The molecule has 20 heavy (non-hydrogen) atoms. The lowest BCUT2D eigenvalue weighted by Gasteiger charge is -2.32. The summed E-state index contributed by atoms with van der Waals surface area (Å²) in [7, 11) is 0. The molecule has 110 valence electrons. The second-order valence-corrected chi connectivity index (χ2v) is 6.72. The van der Waals surface area contributed by atoms with Crippen molar-refractivity contribution in [3.05, 3.63) is 12.2 Å². The maximum absolute atomic E-state index is 12.1. The number of hydrogen-bond acceptors (Lipinski definition) is 4. The van der Waals surface area contributed by atoms with E-state index in [9.17, 15) is 4.79 Å². The third-order valence-electron chi connectivity index (χ3n) is 5.68. The maximum Gasteiger partial charge on any atom is 0.320 e. The van der Waals surface area contributed by atoms with Gasteiger partial charge in [0.15, 0.2) is 0 Å². The minimum Gasteiger partial charge on any atom is -0.461 e. The smallest absolute Gasteiger partial charge is 0.320 e. The van der Waals surface area contributed by atoms with Crippen LogP contribution in [-0.2, 0) is 14.3 Å². The average molecular weight is 277 g/mol. The van der Waals surface area contributed by atoms with E-state index in [0.29, 0.717) is 12.5 Å². The van der Waals surface area contributed by atoms with Crippen molar-refractivity contribution in [2.45, 2.75) is 25.4 Å². The number of esters is 1. The Labute approximate surface area is 120 Å². The van der Waals surface area contributed by atoms with Crippen molar-refractivity contribution >= 4 is 5.97 Å². The fraction of sp³-hybridized carbons (Fsp3) is 0.812. The number of carbonyl (C=O) groups is 1. The van der Waals surface area contributed by atoms with Crippen LogP contribution in [0.25, 0.3) is 0 Å². The van der Waals surface area contributed by atoms with E-state index in [2.05, 4.69) is 17.1 Å². The molecule has 0 N–H and O–H groups in total. The van der Waals surface area contributed by atoms with Crippen molar-refractivity contribution < 1.29 is 14.3 Å². The van der Waals surface area contributed by atoms with Crippen LogP contribution in [0.1, 0.15) is 19.3 Å². The van der Waals surface area contributed by atoms with Crippen LogP contribution >= 0.6 is 0 Å². The maximum atomic E-state index is 12.1. The van der Waals surface area contributed by atoms with Gasteiger partial charge in [-0.2, -0.15) is 0 Å². The summed E-state index contributed by atoms with van der Waals surface area (Å²) < 4.78 is 11.1. The lowest BCUT2D eigenvalue weighted by molar-refractivity contribution is -0.155. The molecular formula is C16H23NO3. The normalized spacial score (nSPS) is 42.9. The summed E-state index contributed by atoms with van der Waals surface area (Å²) in [6, 6.07) is 0. The van der Waals surface area contributed by atoms with Crippen LogP contribution < -0.4 is 0 Å². The molecule has 0 aromatic carbocycles. The second-order valence-electron chi connectivity index (χ2n) is 6.72. The van der Waals surface area contributed by atoms with Gasteiger partial charge in [0, 0.05) is 13.1 Å². The summed E-state index contributed by atoms with van der Waals surface area (Å²) in [5.41, 5.74) is 0. The highest BCUT2D eigenvalue weighted by Crippen LogP contribution is 2.57. The van der Waals surface area contributed by atoms with E-state index < -0.39 is 0 Å². The Kier molecular flexibility index (Phi) is 3.31. The summed E-state index contributed by atoms with van der Waals surface area (Å²) >= 11 is 0. The van der Waals surface area contributed by atoms with Crippen LogP contribution in [0.2, 0.25) is 0 Å².